The fourth-order valence-electron chi connectivity index (χ4n) is 1.13. The molecule has 1 unspecified atom stereocenters. The fraction of sp³-hybridized carbons (Fsp3) is 0.889. The number of carbonyl (C=O) groups is 1. The summed E-state index contributed by atoms with van der Waals surface area (Å²) in [5.41, 5.74) is 5.59. The highest BCUT2D eigenvalue weighted by Gasteiger charge is 2.10. The van der Waals surface area contributed by atoms with Crippen LogP contribution in [0.4, 0.5) is 0 Å². The largest absolute Gasteiger partial charge is 0.355 e. The molecule has 0 aliphatic carbocycles. The van der Waals surface area contributed by atoms with Crippen LogP contribution in [0, 0.1) is 0 Å². The molecule has 1 atom stereocenters. The number of amides is 1. The van der Waals surface area contributed by atoms with E-state index in [9.17, 15) is 13.2 Å². The van der Waals surface area contributed by atoms with Crippen molar-refractivity contribution in [3.8, 4) is 0 Å². The van der Waals surface area contributed by atoms with Gasteiger partial charge in [0.15, 0.2) is 0 Å². The highest BCUT2D eigenvalue weighted by Crippen LogP contribution is 1.92. The van der Waals surface area contributed by atoms with Gasteiger partial charge in [0.1, 0.15) is 0 Å². The van der Waals surface area contributed by atoms with Crippen LogP contribution in [0.5, 0.6) is 0 Å². The first-order valence-electron chi connectivity index (χ1n) is 5.34. The van der Waals surface area contributed by atoms with Crippen LogP contribution in [-0.4, -0.2) is 39.7 Å². The lowest BCUT2D eigenvalue weighted by molar-refractivity contribution is -0.122. The third-order valence-electron chi connectivity index (χ3n) is 1.95. The minimum atomic E-state index is -3.14. The zero-order valence-corrected chi connectivity index (χ0v) is 10.6. The number of hydrogen-bond donors (Lipinski definition) is 3. The lowest BCUT2D eigenvalue weighted by Crippen LogP contribution is -2.41. The molecule has 7 heteroatoms. The van der Waals surface area contributed by atoms with Crippen molar-refractivity contribution in [2.75, 3.05) is 19.3 Å². The van der Waals surface area contributed by atoms with E-state index in [0.717, 1.165) is 12.7 Å². The van der Waals surface area contributed by atoms with E-state index >= 15 is 0 Å². The summed E-state index contributed by atoms with van der Waals surface area (Å²) in [5, 5.41) is 2.65. The molecule has 6 nitrogen and oxygen atoms in total. The Bertz CT molecular complexity index is 303. The molecule has 0 aromatic rings. The fourth-order valence-corrected chi connectivity index (χ4v) is 1.65. The van der Waals surface area contributed by atoms with Crippen LogP contribution in [-0.2, 0) is 14.8 Å². The zero-order chi connectivity index (χ0) is 12.6. The molecule has 0 aliphatic rings. The van der Waals surface area contributed by atoms with Gasteiger partial charge in [-0.25, -0.2) is 13.1 Å². The predicted octanol–water partition coefficient (Wildman–Crippen LogP) is -0.831. The van der Waals surface area contributed by atoms with Crippen LogP contribution < -0.4 is 15.8 Å². The molecule has 4 N–H and O–H groups in total. The quantitative estimate of drug-likeness (QED) is 0.490. The first-order valence-corrected chi connectivity index (χ1v) is 7.24. The normalized spacial score (nSPS) is 13.4. The maximum atomic E-state index is 11.3. The zero-order valence-electron chi connectivity index (χ0n) is 9.82. The Morgan fingerprint density at radius 2 is 2.00 bits per heavy atom. The van der Waals surface area contributed by atoms with Crippen molar-refractivity contribution < 1.29 is 13.2 Å². The van der Waals surface area contributed by atoms with Crippen LogP contribution in [0.1, 0.15) is 26.2 Å². The molecule has 16 heavy (non-hydrogen) atoms. The van der Waals surface area contributed by atoms with Crippen LogP contribution in [0.2, 0.25) is 0 Å². The maximum absolute atomic E-state index is 11.3. The first-order chi connectivity index (χ1) is 7.37. The van der Waals surface area contributed by atoms with E-state index in [0.29, 0.717) is 25.9 Å². The van der Waals surface area contributed by atoms with Gasteiger partial charge in [-0.05, 0) is 12.8 Å². The second-order valence-corrected chi connectivity index (χ2v) is 5.54. The summed E-state index contributed by atoms with van der Waals surface area (Å²) in [6.45, 7) is 2.71. The van der Waals surface area contributed by atoms with E-state index in [-0.39, 0.29) is 5.91 Å². The molecule has 0 saturated carbocycles. The highest BCUT2D eigenvalue weighted by atomic mass is 32.2. The number of nitrogens with one attached hydrogen (secondary N) is 2. The van der Waals surface area contributed by atoms with Crippen molar-refractivity contribution >= 4 is 15.9 Å². The van der Waals surface area contributed by atoms with Gasteiger partial charge in [0.05, 0.1) is 12.3 Å². The molecule has 0 saturated heterocycles. The Kier molecular flexibility index (Phi) is 7.27. The smallest absolute Gasteiger partial charge is 0.236 e. The second-order valence-electron chi connectivity index (χ2n) is 3.71. The van der Waals surface area contributed by atoms with E-state index in [1.807, 2.05) is 6.92 Å². The van der Waals surface area contributed by atoms with Gasteiger partial charge < -0.3 is 11.1 Å². The van der Waals surface area contributed by atoms with E-state index < -0.39 is 16.1 Å². The predicted molar refractivity (Wildman–Crippen MR) is 63.4 cm³/mol. The first kappa shape index (κ1) is 15.3. The van der Waals surface area contributed by atoms with Crippen molar-refractivity contribution in [1.82, 2.24) is 10.0 Å². The Balaban J connectivity index is 3.56. The molecule has 1 amide bonds. The molecule has 0 heterocycles. The van der Waals surface area contributed by atoms with Crippen LogP contribution in [0.25, 0.3) is 0 Å². The summed E-state index contributed by atoms with van der Waals surface area (Å²) < 4.78 is 23.7. The average molecular weight is 251 g/mol. The van der Waals surface area contributed by atoms with Crippen molar-refractivity contribution in [1.29, 1.82) is 0 Å². The topological polar surface area (TPSA) is 101 Å². The van der Waals surface area contributed by atoms with Crippen molar-refractivity contribution in [3.63, 3.8) is 0 Å². The van der Waals surface area contributed by atoms with E-state index in [4.69, 9.17) is 5.73 Å². The van der Waals surface area contributed by atoms with Gasteiger partial charge >= 0.3 is 0 Å². The number of carbonyl (C=O) groups excluding carboxylic acids is 1. The molecule has 0 fully saturated rings. The third-order valence-corrected chi connectivity index (χ3v) is 2.68. The molecule has 0 aromatic heterocycles. The average Bonchev–Trinajstić information content (AvgIpc) is 2.15. The van der Waals surface area contributed by atoms with Gasteiger partial charge in [-0.15, -0.1) is 0 Å². The summed E-state index contributed by atoms with van der Waals surface area (Å²) in [6.07, 6.45) is 3.18. The van der Waals surface area contributed by atoms with Crippen molar-refractivity contribution in [2.45, 2.75) is 32.2 Å². The Morgan fingerprint density at radius 3 is 2.50 bits per heavy atom. The van der Waals surface area contributed by atoms with Gasteiger partial charge in [-0.1, -0.05) is 13.3 Å². The van der Waals surface area contributed by atoms with E-state index in [2.05, 4.69) is 10.0 Å². The van der Waals surface area contributed by atoms with Gasteiger partial charge in [-0.2, -0.15) is 0 Å². The van der Waals surface area contributed by atoms with Gasteiger partial charge in [0.2, 0.25) is 15.9 Å². The molecule has 0 aromatic carbocycles. The molecule has 0 radical (unpaired) electrons. The number of hydrogen-bond acceptors (Lipinski definition) is 4. The molecule has 0 bridgehead atoms. The summed E-state index contributed by atoms with van der Waals surface area (Å²) in [5.74, 6) is -0.179. The summed E-state index contributed by atoms with van der Waals surface area (Å²) in [7, 11) is -3.14. The summed E-state index contributed by atoms with van der Waals surface area (Å²) in [4.78, 5) is 11.3. The van der Waals surface area contributed by atoms with E-state index in [1.165, 1.54) is 0 Å². The number of rotatable bonds is 8. The van der Waals surface area contributed by atoms with Crippen LogP contribution >= 0.6 is 0 Å². The minimum Gasteiger partial charge on any atom is -0.355 e. The minimum absolute atomic E-state index is 0.179. The van der Waals surface area contributed by atoms with Crippen molar-refractivity contribution in [2.24, 2.45) is 5.73 Å². The Hall–Kier alpha value is -0.660. The van der Waals surface area contributed by atoms with Gasteiger partial charge in [0.25, 0.3) is 0 Å². The lowest BCUT2D eigenvalue weighted by Gasteiger charge is -2.10. The van der Waals surface area contributed by atoms with Crippen LogP contribution in [0.3, 0.4) is 0 Å². The van der Waals surface area contributed by atoms with Gasteiger partial charge in [0, 0.05) is 13.1 Å². The molecule has 0 rings (SSSR count). The lowest BCUT2D eigenvalue weighted by atomic mass is 10.2. The standard InChI is InChI=1S/C9H21N3O3S/c1-3-5-8(10)9(13)11-6-4-7-12-16(2,14)15/h8,12H,3-7,10H2,1-2H3,(H,11,13). The molecule has 96 valence electrons. The maximum Gasteiger partial charge on any atom is 0.236 e. The molecular weight excluding hydrogens is 230 g/mol. The monoisotopic (exact) mass is 251 g/mol. The van der Waals surface area contributed by atoms with Crippen molar-refractivity contribution in [3.05, 3.63) is 0 Å². The van der Waals surface area contributed by atoms with Gasteiger partial charge in [-0.3, -0.25) is 4.79 Å². The SMILES string of the molecule is CCCC(N)C(=O)NCCCNS(C)(=O)=O. The Labute approximate surface area is 97.0 Å². The summed E-state index contributed by atoms with van der Waals surface area (Å²) >= 11 is 0. The second kappa shape index (κ2) is 7.59. The molecular formula is C9H21N3O3S. The van der Waals surface area contributed by atoms with Crippen LogP contribution in [0.15, 0.2) is 0 Å². The summed E-state index contributed by atoms with van der Waals surface area (Å²) in [6, 6.07) is -0.465. The third kappa shape index (κ3) is 8.63. The highest BCUT2D eigenvalue weighted by molar-refractivity contribution is 7.88. The van der Waals surface area contributed by atoms with E-state index in [1.54, 1.807) is 0 Å². The molecule has 0 spiro atoms. The molecule has 0 aliphatic heterocycles. The number of sulfonamides is 1. The Morgan fingerprint density at radius 1 is 1.38 bits per heavy atom. The number of nitrogens with two attached hydrogens (primary N) is 1.